The number of ether oxygens (including phenoxy) is 1. The van der Waals surface area contributed by atoms with E-state index in [1.54, 1.807) is 12.1 Å². The number of benzene rings is 2. The normalized spacial score (nSPS) is 14.2. The van der Waals surface area contributed by atoms with Crippen LogP contribution in [0.25, 0.3) is 10.9 Å². The molecule has 0 atom stereocenters. The van der Waals surface area contributed by atoms with Gasteiger partial charge in [-0.1, -0.05) is 50.3 Å². The summed E-state index contributed by atoms with van der Waals surface area (Å²) in [5, 5.41) is 14.5. The molecule has 3 aromatic rings. The van der Waals surface area contributed by atoms with Gasteiger partial charge < -0.3 is 25.0 Å². The van der Waals surface area contributed by atoms with Gasteiger partial charge in [0.25, 0.3) is 0 Å². The molecular weight excluding hydrogens is 514 g/mol. The Morgan fingerprint density at radius 2 is 1.83 bits per heavy atom. The maximum atomic E-state index is 13.4. The highest BCUT2D eigenvalue weighted by atomic mass is 16.5. The van der Waals surface area contributed by atoms with E-state index in [-0.39, 0.29) is 17.2 Å². The number of aromatic nitrogens is 1. The molecular formula is C34H47N3O4. The molecule has 0 spiro atoms. The van der Waals surface area contributed by atoms with E-state index in [1.165, 1.54) is 37.3 Å². The summed E-state index contributed by atoms with van der Waals surface area (Å²) in [4.78, 5) is 30.1. The first kappa shape index (κ1) is 30.6. The van der Waals surface area contributed by atoms with Crippen molar-refractivity contribution in [2.75, 3.05) is 26.2 Å². The number of aromatic amines is 1. The Balaban J connectivity index is 1.24. The van der Waals surface area contributed by atoms with Gasteiger partial charge in [-0.05, 0) is 87.4 Å². The summed E-state index contributed by atoms with van der Waals surface area (Å²) >= 11 is 0. The van der Waals surface area contributed by atoms with Gasteiger partial charge in [-0.2, -0.15) is 0 Å². The topological polar surface area (TPSA) is 94.7 Å². The minimum Gasteiger partial charge on any atom is -0.506 e. The quantitative estimate of drug-likeness (QED) is 0.154. The second kappa shape index (κ2) is 16.2. The number of aromatic hydroxyl groups is 1. The van der Waals surface area contributed by atoms with Crippen LogP contribution in [0.5, 0.6) is 11.5 Å². The number of carbonyl (C=O) groups is 1. The SMILES string of the molecule is CCOc1cccc(CCNCCC(=O)N(CCCCCc2ccc(O)c3[nH]c(=O)ccc23)C2CCCCCC2)c1. The van der Waals surface area contributed by atoms with Crippen LogP contribution >= 0.6 is 0 Å². The molecule has 1 aliphatic carbocycles. The molecule has 1 aliphatic rings. The van der Waals surface area contributed by atoms with Gasteiger partial charge in [-0.15, -0.1) is 0 Å². The fourth-order valence-corrected chi connectivity index (χ4v) is 6.02. The van der Waals surface area contributed by atoms with Crippen molar-refractivity contribution in [2.45, 2.75) is 90.0 Å². The predicted molar refractivity (Wildman–Crippen MR) is 166 cm³/mol. The maximum Gasteiger partial charge on any atom is 0.248 e. The molecule has 4 rings (SSSR count). The molecule has 0 bridgehead atoms. The lowest BCUT2D eigenvalue weighted by atomic mass is 10.0. The Bertz CT molecular complexity index is 1300. The van der Waals surface area contributed by atoms with Crippen LogP contribution in [0.15, 0.2) is 53.3 Å². The molecule has 1 aromatic heterocycles. The number of H-pyrrole nitrogens is 1. The fraction of sp³-hybridized carbons (Fsp3) is 0.529. The number of amides is 1. The van der Waals surface area contributed by atoms with Crippen LogP contribution in [0, 0.1) is 0 Å². The zero-order chi connectivity index (χ0) is 28.9. The average Bonchev–Trinajstić information content (AvgIpc) is 3.26. The lowest BCUT2D eigenvalue weighted by Crippen LogP contribution is -2.42. The molecule has 1 amide bonds. The molecule has 0 saturated heterocycles. The summed E-state index contributed by atoms with van der Waals surface area (Å²) in [5.74, 6) is 1.28. The number of hydrogen-bond acceptors (Lipinski definition) is 5. The number of hydrogen-bond donors (Lipinski definition) is 3. The van der Waals surface area contributed by atoms with Crippen molar-refractivity contribution in [3.63, 3.8) is 0 Å². The summed E-state index contributed by atoms with van der Waals surface area (Å²) in [6.45, 7) is 5.01. The Kier molecular flexibility index (Phi) is 12.1. The monoisotopic (exact) mass is 561 g/mol. The molecule has 1 fully saturated rings. The van der Waals surface area contributed by atoms with Crippen molar-refractivity contribution in [3.05, 3.63) is 70.0 Å². The molecule has 3 N–H and O–H groups in total. The van der Waals surface area contributed by atoms with Crippen LogP contribution in [-0.4, -0.2) is 53.2 Å². The number of pyridine rings is 1. The van der Waals surface area contributed by atoms with Crippen molar-refractivity contribution in [1.82, 2.24) is 15.2 Å². The van der Waals surface area contributed by atoms with Crippen LogP contribution in [0.4, 0.5) is 0 Å². The van der Waals surface area contributed by atoms with Gasteiger partial charge in [-0.25, -0.2) is 0 Å². The number of unbranched alkanes of at least 4 members (excludes halogenated alkanes) is 2. The zero-order valence-electron chi connectivity index (χ0n) is 24.6. The van der Waals surface area contributed by atoms with E-state index in [2.05, 4.69) is 27.3 Å². The van der Waals surface area contributed by atoms with E-state index in [1.807, 2.05) is 25.1 Å². The predicted octanol–water partition coefficient (Wildman–Crippen LogP) is 6.12. The number of phenolic OH excluding ortho intramolecular Hbond substituents is 1. The number of fused-ring (bicyclic) bond motifs is 1. The van der Waals surface area contributed by atoms with E-state index in [0.29, 0.717) is 31.1 Å². The van der Waals surface area contributed by atoms with Crippen LogP contribution in [-0.2, 0) is 17.6 Å². The highest BCUT2D eigenvalue weighted by Gasteiger charge is 2.24. The number of rotatable bonds is 15. The third kappa shape index (κ3) is 9.35. The average molecular weight is 562 g/mol. The first-order chi connectivity index (χ1) is 20.0. The number of nitrogens with zero attached hydrogens (tertiary/aromatic N) is 1. The lowest BCUT2D eigenvalue weighted by molar-refractivity contribution is -0.133. The molecule has 41 heavy (non-hydrogen) atoms. The minimum atomic E-state index is -0.212. The third-order valence-corrected chi connectivity index (χ3v) is 8.21. The Labute approximate surface area is 244 Å². The molecule has 0 aliphatic heterocycles. The van der Waals surface area contributed by atoms with Crippen LogP contribution in [0.3, 0.4) is 0 Å². The number of phenols is 1. The summed E-state index contributed by atoms with van der Waals surface area (Å²) in [5.41, 5.74) is 2.66. The zero-order valence-corrected chi connectivity index (χ0v) is 24.6. The van der Waals surface area contributed by atoms with Crippen molar-refractivity contribution in [2.24, 2.45) is 0 Å². The smallest absolute Gasteiger partial charge is 0.248 e. The van der Waals surface area contributed by atoms with E-state index in [4.69, 9.17) is 4.74 Å². The van der Waals surface area contributed by atoms with Crippen LogP contribution in [0.2, 0.25) is 0 Å². The third-order valence-electron chi connectivity index (χ3n) is 8.21. The molecule has 0 unspecified atom stereocenters. The molecule has 1 heterocycles. The van der Waals surface area contributed by atoms with Gasteiger partial charge in [0.1, 0.15) is 11.5 Å². The van der Waals surface area contributed by atoms with E-state index >= 15 is 0 Å². The molecule has 1 saturated carbocycles. The fourth-order valence-electron chi connectivity index (χ4n) is 6.02. The second-order valence-electron chi connectivity index (χ2n) is 11.2. The van der Waals surface area contributed by atoms with Gasteiger partial charge in [0, 0.05) is 37.0 Å². The first-order valence-electron chi connectivity index (χ1n) is 15.6. The highest BCUT2D eigenvalue weighted by Crippen LogP contribution is 2.26. The maximum absolute atomic E-state index is 13.4. The largest absolute Gasteiger partial charge is 0.506 e. The highest BCUT2D eigenvalue weighted by molar-refractivity contribution is 5.87. The van der Waals surface area contributed by atoms with E-state index < -0.39 is 0 Å². The van der Waals surface area contributed by atoms with Gasteiger partial charge in [0.05, 0.1) is 12.1 Å². The second-order valence-corrected chi connectivity index (χ2v) is 11.2. The van der Waals surface area contributed by atoms with E-state index in [0.717, 1.165) is 74.7 Å². The number of carbonyl (C=O) groups excluding carboxylic acids is 1. The van der Waals surface area contributed by atoms with Gasteiger partial charge in [-0.3, -0.25) is 9.59 Å². The minimum absolute atomic E-state index is 0.101. The van der Waals surface area contributed by atoms with Gasteiger partial charge in [0.15, 0.2) is 0 Å². The Morgan fingerprint density at radius 1 is 1.00 bits per heavy atom. The van der Waals surface area contributed by atoms with Gasteiger partial charge in [0.2, 0.25) is 11.5 Å². The van der Waals surface area contributed by atoms with Crippen molar-refractivity contribution in [3.8, 4) is 11.5 Å². The standard InChI is InChI=1S/C34H47N3O4/c1-2-41-29-15-10-11-26(25-29)20-22-35-23-21-33(40)37(28-13-7-3-4-8-14-28)24-9-5-6-12-27-16-18-31(38)34-30(27)17-19-32(39)36-34/h10-11,15-19,25,28,35,38H,2-9,12-14,20-24H2,1H3,(H,36,39). The molecule has 7 heteroatoms. The molecule has 222 valence electrons. The number of aryl methyl sites for hydroxylation is 1. The first-order valence-corrected chi connectivity index (χ1v) is 15.6. The summed E-state index contributed by atoms with van der Waals surface area (Å²) in [6.07, 6.45) is 12.5. The molecule has 7 nitrogen and oxygen atoms in total. The molecule has 0 radical (unpaired) electrons. The summed E-state index contributed by atoms with van der Waals surface area (Å²) in [7, 11) is 0. The van der Waals surface area contributed by atoms with Crippen molar-refractivity contribution < 1.29 is 14.6 Å². The van der Waals surface area contributed by atoms with Crippen LogP contribution in [0.1, 0.15) is 82.3 Å². The van der Waals surface area contributed by atoms with Crippen molar-refractivity contribution in [1.29, 1.82) is 0 Å². The Morgan fingerprint density at radius 3 is 2.63 bits per heavy atom. The summed E-state index contributed by atoms with van der Waals surface area (Å²) in [6, 6.07) is 15.5. The van der Waals surface area contributed by atoms with E-state index in [9.17, 15) is 14.7 Å². The lowest BCUT2D eigenvalue weighted by Gasteiger charge is -2.31. The van der Waals surface area contributed by atoms with Crippen LogP contribution < -0.4 is 15.6 Å². The summed E-state index contributed by atoms with van der Waals surface area (Å²) < 4.78 is 5.60. The number of nitrogens with one attached hydrogen (secondary N) is 2. The Hall–Kier alpha value is -3.32. The molecule has 2 aromatic carbocycles. The van der Waals surface area contributed by atoms with Crippen molar-refractivity contribution >= 4 is 16.8 Å². The van der Waals surface area contributed by atoms with Gasteiger partial charge >= 0.3 is 0 Å².